The Bertz CT molecular complexity index is 323. The van der Waals surface area contributed by atoms with E-state index in [9.17, 15) is 9.59 Å². The summed E-state index contributed by atoms with van der Waals surface area (Å²) < 4.78 is 0. The van der Waals surface area contributed by atoms with E-state index in [-0.39, 0.29) is 17.2 Å². The van der Waals surface area contributed by atoms with Gasteiger partial charge >= 0.3 is 0 Å². The maximum Gasteiger partial charge on any atom is 0.224 e. The standard InChI is InChI=1S/C13H22N2O2S/c16-11(9-13(10-18)4-5-13)14-6-3-12(17)15-7-1-2-8-15/h18H,1-10H2,(H,14,16). The molecule has 1 saturated heterocycles. The maximum absolute atomic E-state index is 11.7. The summed E-state index contributed by atoms with van der Waals surface area (Å²) in [6.07, 6.45) is 5.44. The fourth-order valence-corrected chi connectivity index (χ4v) is 2.83. The zero-order valence-electron chi connectivity index (χ0n) is 10.8. The van der Waals surface area contributed by atoms with Crippen molar-refractivity contribution < 1.29 is 9.59 Å². The lowest BCUT2D eigenvalue weighted by Gasteiger charge is -2.16. The van der Waals surface area contributed by atoms with Crippen molar-refractivity contribution in [1.29, 1.82) is 0 Å². The predicted octanol–water partition coefficient (Wildman–Crippen LogP) is 1.22. The monoisotopic (exact) mass is 270 g/mol. The minimum Gasteiger partial charge on any atom is -0.356 e. The molecule has 0 atom stereocenters. The van der Waals surface area contributed by atoms with Crippen LogP contribution < -0.4 is 5.32 Å². The van der Waals surface area contributed by atoms with Crippen LogP contribution in [0.5, 0.6) is 0 Å². The fraction of sp³-hybridized carbons (Fsp3) is 0.846. The molecule has 1 aliphatic heterocycles. The van der Waals surface area contributed by atoms with Gasteiger partial charge in [0.25, 0.3) is 0 Å². The summed E-state index contributed by atoms with van der Waals surface area (Å²) in [5, 5.41) is 2.85. The van der Waals surface area contributed by atoms with Gasteiger partial charge in [0.1, 0.15) is 0 Å². The Morgan fingerprint density at radius 2 is 1.89 bits per heavy atom. The highest BCUT2D eigenvalue weighted by molar-refractivity contribution is 7.80. The minimum absolute atomic E-state index is 0.0655. The lowest BCUT2D eigenvalue weighted by Crippen LogP contribution is -2.33. The molecule has 1 N–H and O–H groups in total. The molecule has 0 aromatic rings. The van der Waals surface area contributed by atoms with E-state index in [1.165, 1.54) is 0 Å². The van der Waals surface area contributed by atoms with Crippen LogP contribution in [0, 0.1) is 5.41 Å². The molecule has 1 saturated carbocycles. The molecule has 2 fully saturated rings. The Labute approximate surface area is 114 Å². The summed E-state index contributed by atoms with van der Waals surface area (Å²) in [6.45, 7) is 2.24. The van der Waals surface area contributed by atoms with Crippen molar-refractivity contribution >= 4 is 24.4 Å². The van der Waals surface area contributed by atoms with E-state index >= 15 is 0 Å². The van der Waals surface area contributed by atoms with Crippen LogP contribution in [0.25, 0.3) is 0 Å². The second-order valence-electron chi connectivity index (χ2n) is 5.52. The van der Waals surface area contributed by atoms with E-state index in [0.717, 1.165) is 44.5 Å². The summed E-state index contributed by atoms with van der Waals surface area (Å²) in [6, 6.07) is 0. The molecular formula is C13H22N2O2S. The third-order valence-corrected chi connectivity index (χ3v) is 4.62. The molecule has 1 aliphatic carbocycles. The van der Waals surface area contributed by atoms with Crippen molar-refractivity contribution in [2.45, 2.75) is 38.5 Å². The molecule has 1 heterocycles. The van der Waals surface area contributed by atoms with Crippen molar-refractivity contribution in [3.05, 3.63) is 0 Å². The van der Waals surface area contributed by atoms with Gasteiger partial charge in [-0.1, -0.05) is 0 Å². The SMILES string of the molecule is O=C(CC1(CS)CC1)NCCC(=O)N1CCCC1. The normalized spacial score (nSPS) is 20.8. The molecule has 0 bridgehead atoms. The predicted molar refractivity (Wildman–Crippen MR) is 73.6 cm³/mol. The molecule has 18 heavy (non-hydrogen) atoms. The molecule has 4 nitrogen and oxygen atoms in total. The van der Waals surface area contributed by atoms with Gasteiger partial charge in [-0.25, -0.2) is 0 Å². The average Bonchev–Trinajstić information content (AvgIpc) is 2.92. The van der Waals surface area contributed by atoms with Gasteiger partial charge in [0, 0.05) is 32.5 Å². The zero-order chi connectivity index (χ0) is 13.0. The van der Waals surface area contributed by atoms with Gasteiger partial charge < -0.3 is 10.2 Å². The Hall–Kier alpha value is -0.710. The van der Waals surface area contributed by atoms with Gasteiger partial charge in [-0.2, -0.15) is 12.6 Å². The number of carbonyl (C=O) groups excluding carboxylic acids is 2. The van der Waals surface area contributed by atoms with Crippen LogP contribution in [0.4, 0.5) is 0 Å². The third-order valence-electron chi connectivity index (χ3n) is 3.95. The van der Waals surface area contributed by atoms with Gasteiger partial charge in [0.05, 0.1) is 0 Å². The fourth-order valence-electron chi connectivity index (χ4n) is 2.40. The molecule has 0 spiro atoms. The lowest BCUT2D eigenvalue weighted by molar-refractivity contribution is -0.130. The number of thiol groups is 1. The Balaban J connectivity index is 1.60. The summed E-state index contributed by atoms with van der Waals surface area (Å²) in [5.74, 6) is 1.02. The zero-order valence-corrected chi connectivity index (χ0v) is 11.7. The molecular weight excluding hydrogens is 248 g/mol. The van der Waals surface area contributed by atoms with Gasteiger partial charge in [-0.3, -0.25) is 9.59 Å². The first-order chi connectivity index (χ1) is 8.65. The molecule has 0 unspecified atom stereocenters. The van der Waals surface area contributed by atoms with Crippen LogP contribution in [0.15, 0.2) is 0 Å². The summed E-state index contributed by atoms with van der Waals surface area (Å²) >= 11 is 4.28. The Kier molecular flexibility index (Phi) is 4.54. The van der Waals surface area contributed by atoms with E-state index in [1.54, 1.807) is 0 Å². The molecule has 0 aromatic heterocycles. The smallest absolute Gasteiger partial charge is 0.224 e. The number of rotatable bonds is 6. The van der Waals surface area contributed by atoms with Crippen LogP contribution in [0.2, 0.25) is 0 Å². The van der Waals surface area contributed by atoms with Crippen LogP contribution in [0.3, 0.4) is 0 Å². The molecule has 0 radical (unpaired) electrons. The Morgan fingerprint density at radius 1 is 1.22 bits per heavy atom. The highest BCUT2D eigenvalue weighted by Gasteiger charge is 2.42. The largest absolute Gasteiger partial charge is 0.356 e. The molecule has 0 aromatic carbocycles. The van der Waals surface area contributed by atoms with E-state index < -0.39 is 0 Å². The first-order valence-electron chi connectivity index (χ1n) is 6.81. The van der Waals surface area contributed by atoms with Gasteiger partial charge in [0.2, 0.25) is 11.8 Å². The molecule has 2 rings (SSSR count). The van der Waals surface area contributed by atoms with Gasteiger partial charge in [-0.15, -0.1) is 0 Å². The van der Waals surface area contributed by atoms with E-state index in [1.807, 2.05) is 4.90 Å². The molecule has 2 aliphatic rings. The summed E-state index contributed by atoms with van der Waals surface area (Å²) in [7, 11) is 0. The first-order valence-corrected chi connectivity index (χ1v) is 7.44. The van der Waals surface area contributed by atoms with Crippen molar-refractivity contribution in [2.24, 2.45) is 5.41 Å². The lowest BCUT2D eigenvalue weighted by atomic mass is 10.1. The van der Waals surface area contributed by atoms with E-state index in [2.05, 4.69) is 17.9 Å². The topological polar surface area (TPSA) is 49.4 Å². The van der Waals surface area contributed by atoms with Gasteiger partial charge in [0.15, 0.2) is 0 Å². The number of nitrogens with one attached hydrogen (secondary N) is 1. The highest BCUT2D eigenvalue weighted by atomic mass is 32.1. The highest BCUT2D eigenvalue weighted by Crippen LogP contribution is 2.49. The minimum atomic E-state index is 0.0655. The Morgan fingerprint density at radius 3 is 2.44 bits per heavy atom. The quantitative estimate of drug-likeness (QED) is 0.713. The van der Waals surface area contributed by atoms with Crippen LogP contribution in [-0.2, 0) is 9.59 Å². The summed E-state index contributed by atoms with van der Waals surface area (Å²) in [5.41, 5.74) is 0.159. The number of likely N-dealkylation sites (tertiary alicyclic amines) is 1. The number of carbonyl (C=O) groups is 2. The second kappa shape index (κ2) is 5.95. The van der Waals surface area contributed by atoms with E-state index in [0.29, 0.717) is 19.4 Å². The van der Waals surface area contributed by atoms with Crippen molar-refractivity contribution in [2.75, 3.05) is 25.4 Å². The maximum atomic E-state index is 11.7. The van der Waals surface area contributed by atoms with Crippen molar-refractivity contribution in [1.82, 2.24) is 10.2 Å². The van der Waals surface area contributed by atoms with Crippen molar-refractivity contribution in [3.8, 4) is 0 Å². The third kappa shape index (κ3) is 3.64. The first kappa shape index (κ1) is 13.7. The van der Waals surface area contributed by atoms with Crippen molar-refractivity contribution in [3.63, 3.8) is 0 Å². The molecule has 2 amide bonds. The number of hydrogen-bond acceptors (Lipinski definition) is 3. The van der Waals surface area contributed by atoms with Crippen LogP contribution in [0.1, 0.15) is 38.5 Å². The van der Waals surface area contributed by atoms with Crippen LogP contribution >= 0.6 is 12.6 Å². The summed E-state index contributed by atoms with van der Waals surface area (Å²) in [4.78, 5) is 25.3. The van der Waals surface area contributed by atoms with Crippen LogP contribution in [-0.4, -0.2) is 42.1 Å². The number of hydrogen-bond donors (Lipinski definition) is 2. The van der Waals surface area contributed by atoms with Gasteiger partial charge in [-0.05, 0) is 36.9 Å². The molecule has 102 valence electrons. The number of amides is 2. The second-order valence-corrected chi connectivity index (χ2v) is 5.84. The van der Waals surface area contributed by atoms with E-state index in [4.69, 9.17) is 0 Å². The number of nitrogens with zero attached hydrogens (tertiary/aromatic N) is 1. The average molecular weight is 270 g/mol. The molecule has 5 heteroatoms.